The highest BCUT2D eigenvalue weighted by atomic mass is 32.2. The summed E-state index contributed by atoms with van der Waals surface area (Å²) in [5.41, 5.74) is 0.650. The van der Waals surface area contributed by atoms with Gasteiger partial charge in [-0.3, -0.25) is 9.71 Å². The summed E-state index contributed by atoms with van der Waals surface area (Å²) < 4.78 is 33.3. The Morgan fingerprint density at radius 2 is 1.88 bits per heavy atom. The first-order chi connectivity index (χ1) is 11.9. The number of nitrogens with zero attached hydrogens (tertiary/aromatic N) is 4. The average Bonchev–Trinajstić information content (AvgIpc) is 2.61. The fourth-order valence-electron chi connectivity index (χ4n) is 2.36. The fourth-order valence-corrected chi connectivity index (χ4v) is 3.59. The number of hydrogen-bond acceptors (Lipinski definition) is 7. The van der Waals surface area contributed by atoms with Crippen LogP contribution < -0.4 is 14.4 Å². The molecule has 130 valence electrons. The molecule has 1 N–H and O–H groups in total. The van der Waals surface area contributed by atoms with Crippen LogP contribution in [0.25, 0.3) is 10.9 Å². The van der Waals surface area contributed by atoms with Gasteiger partial charge >= 0.3 is 6.01 Å². The van der Waals surface area contributed by atoms with Crippen molar-refractivity contribution in [3.63, 3.8) is 0 Å². The van der Waals surface area contributed by atoms with Crippen LogP contribution in [-0.4, -0.2) is 44.6 Å². The number of methoxy groups -OCH3 is 1. The minimum atomic E-state index is -3.88. The van der Waals surface area contributed by atoms with Crippen LogP contribution in [0.5, 0.6) is 6.01 Å². The number of nitrogens with one attached hydrogen (secondary N) is 1. The number of pyridine rings is 1. The molecule has 2 aromatic heterocycles. The lowest BCUT2D eigenvalue weighted by molar-refractivity contribution is 0.380. The van der Waals surface area contributed by atoms with E-state index in [9.17, 15) is 8.42 Å². The third kappa shape index (κ3) is 3.31. The van der Waals surface area contributed by atoms with Crippen LogP contribution >= 0.6 is 0 Å². The topological polar surface area (TPSA) is 97.3 Å². The predicted octanol–water partition coefficient (Wildman–Crippen LogP) is 1.90. The van der Waals surface area contributed by atoms with Crippen LogP contribution in [0.3, 0.4) is 0 Å². The first kappa shape index (κ1) is 16.9. The molecule has 0 bridgehead atoms. The van der Waals surface area contributed by atoms with Crippen molar-refractivity contribution >= 4 is 32.4 Å². The van der Waals surface area contributed by atoms with Gasteiger partial charge < -0.3 is 9.64 Å². The zero-order valence-corrected chi connectivity index (χ0v) is 14.8. The smallest absolute Gasteiger partial charge is 0.318 e. The Kier molecular flexibility index (Phi) is 4.41. The van der Waals surface area contributed by atoms with E-state index in [1.807, 2.05) is 12.1 Å². The molecule has 0 spiro atoms. The highest BCUT2D eigenvalue weighted by molar-refractivity contribution is 7.93. The van der Waals surface area contributed by atoms with Gasteiger partial charge in [0.25, 0.3) is 10.0 Å². The lowest BCUT2D eigenvalue weighted by atomic mass is 10.2. The van der Waals surface area contributed by atoms with E-state index < -0.39 is 10.0 Å². The van der Waals surface area contributed by atoms with Crippen molar-refractivity contribution in [2.75, 3.05) is 30.8 Å². The number of rotatable bonds is 5. The van der Waals surface area contributed by atoms with E-state index in [4.69, 9.17) is 4.74 Å². The SMILES string of the molecule is COc1ncc(NS(=O)(=O)c2cccc3cccnc23)c(N(C)C)n1. The third-order valence-electron chi connectivity index (χ3n) is 3.48. The maximum atomic E-state index is 12.9. The Bertz CT molecular complexity index is 1020. The van der Waals surface area contributed by atoms with Gasteiger partial charge in [-0.1, -0.05) is 18.2 Å². The summed E-state index contributed by atoms with van der Waals surface area (Å²) >= 11 is 0. The van der Waals surface area contributed by atoms with Crippen molar-refractivity contribution in [3.05, 3.63) is 42.7 Å². The summed E-state index contributed by atoms with van der Waals surface area (Å²) in [6.45, 7) is 0. The zero-order valence-electron chi connectivity index (χ0n) is 14.0. The quantitative estimate of drug-likeness (QED) is 0.743. The molecule has 9 heteroatoms. The van der Waals surface area contributed by atoms with E-state index in [1.165, 1.54) is 19.4 Å². The molecule has 25 heavy (non-hydrogen) atoms. The van der Waals surface area contributed by atoms with Crippen LogP contribution in [0.4, 0.5) is 11.5 Å². The normalized spacial score (nSPS) is 11.3. The highest BCUT2D eigenvalue weighted by Gasteiger charge is 2.21. The van der Waals surface area contributed by atoms with E-state index in [0.717, 1.165) is 5.39 Å². The van der Waals surface area contributed by atoms with Crippen molar-refractivity contribution in [2.24, 2.45) is 0 Å². The molecule has 0 saturated heterocycles. The summed E-state index contributed by atoms with van der Waals surface area (Å²) in [7, 11) is 1.07. The number of aromatic nitrogens is 3. The lowest BCUT2D eigenvalue weighted by Gasteiger charge is -2.17. The molecule has 0 aliphatic carbocycles. The van der Waals surface area contributed by atoms with Crippen LogP contribution in [0, 0.1) is 0 Å². The van der Waals surface area contributed by atoms with Gasteiger partial charge in [0.05, 0.1) is 18.8 Å². The molecule has 0 aliphatic rings. The minimum Gasteiger partial charge on any atom is -0.467 e. The van der Waals surface area contributed by atoms with E-state index in [-0.39, 0.29) is 16.6 Å². The highest BCUT2D eigenvalue weighted by Crippen LogP contribution is 2.28. The fraction of sp³-hybridized carbons (Fsp3) is 0.188. The molecular formula is C16H17N5O3S. The number of hydrogen-bond donors (Lipinski definition) is 1. The lowest BCUT2D eigenvalue weighted by Crippen LogP contribution is -2.19. The molecule has 2 heterocycles. The molecule has 0 unspecified atom stereocenters. The van der Waals surface area contributed by atoms with Gasteiger partial charge in [-0.2, -0.15) is 4.98 Å². The number of para-hydroxylation sites is 1. The van der Waals surface area contributed by atoms with Gasteiger partial charge in [0.15, 0.2) is 5.82 Å². The number of sulfonamides is 1. The van der Waals surface area contributed by atoms with Gasteiger partial charge in [-0.05, 0) is 12.1 Å². The van der Waals surface area contributed by atoms with Gasteiger partial charge in [0.2, 0.25) is 0 Å². The molecule has 0 atom stereocenters. The third-order valence-corrected chi connectivity index (χ3v) is 4.88. The second kappa shape index (κ2) is 6.52. The summed E-state index contributed by atoms with van der Waals surface area (Å²) in [6.07, 6.45) is 2.93. The maximum Gasteiger partial charge on any atom is 0.318 e. The summed E-state index contributed by atoms with van der Waals surface area (Å²) in [6, 6.07) is 8.71. The Labute approximate surface area is 145 Å². The molecule has 0 saturated carbocycles. The van der Waals surface area contributed by atoms with Crippen molar-refractivity contribution in [1.82, 2.24) is 15.0 Å². The average molecular weight is 359 g/mol. The van der Waals surface area contributed by atoms with Gasteiger partial charge in [-0.15, -0.1) is 0 Å². The zero-order chi connectivity index (χ0) is 18.0. The monoisotopic (exact) mass is 359 g/mol. The minimum absolute atomic E-state index is 0.0890. The van der Waals surface area contributed by atoms with Gasteiger partial charge in [0, 0.05) is 25.7 Å². The molecule has 0 fully saturated rings. The van der Waals surface area contributed by atoms with Crippen LogP contribution in [0.2, 0.25) is 0 Å². The molecule has 8 nitrogen and oxygen atoms in total. The van der Waals surface area contributed by atoms with E-state index in [0.29, 0.717) is 11.3 Å². The molecule has 1 aromatic carbocycles. The van der Waals surface area contributed by atoms with Gasteiger partial charge in [-0.25, -0.2) is 13.4 Å². The molecule has 0 amide bonds. The van der Waals surface area contributed by atoms with E-state index in [2.05, 4.69) is 19.7 Å². The number of ether oxygens (including phenoxy) is 1. The summed E-state index contributed by atoms with van der Waals surface area (Å²) in [5, 5.41) is 0.740. The number of benzene rings is 1. The van der Waals surface area contributed by atoms with Crippen molar-refractivity contribution in [1.29, 1.82) is 0 Å². The molecular weight excluding hydrogens is 342 g/mol. The van der Waals surface area contributed by atoms with Gasteiger partial charge in [0.1, 0.15) is 10.6 Å². The van der Waals surface area contributed by atoms with Crippen LogP contribution in [0.1, 0.15) is 0 Å². The Hall–Kier alpha value is -2.94. The predicted molar refractivity (Wildman–Crippen MR) is 95.5 cm³/mol. The second-order valence-electron chi connectivity index (χ2n) is 5.43. The van der Waals surface area contributed by atoms with Crippen LogP contribution in [-0.2, 0) is 10.0 Å². The van der Waals surface area contributed by atoms with E-state index >= 15 is 0 Å². The standard InChI is InChI=1S/C16H17N5O3S/c1-21(2)15-12(10-18-16(19-15)24-3)20-25(22,23)13-8-4-6-11-7-5-9-17-14(11)13/h4-10,20H,1-3H3. The Morgan fingerprint density at radius 3 is 2.60 bits per heavy atom. The van der Waals surface area contributed by atoms with Crippen LogP contribution in [0.15, 0.2) is 47.6 Å². The Morgan fingerprint density at radius 1 is 1.12 bits per heavy atom. The maximum absolute atomic E-state index is 12.9. The number of anilines is 2. The Balaban J connectivity index is 2.08. The second-order valence-corrected chi connectivity index (χ2v) is 7.08. The molecule has 0 aliphatic heterocycles. The largest absolute Gasteiger partial charge is 0.467 e. The molecule has 3 aromatic rings. The first-order valence-electron chi connectivity index (χ1n) is 7.37. The number of fused-ring (bicyclic) bond motifs is 1. The van der Waals surface area contributed by atoms with Crippen molar-refractivity contribution < 1.29 is 13.2 Å². The van der Waals surface area contributed by atoms with E-state index in [1.54, 1.807) is 37.3 Å². The molecule has 3 rings (SSSR count). The first-order valence-corrected chi connectivity index (χ1v) is 8.85. The summed E-state index contributed by atoms with van der Waals surface area (Å²) in [4.78, 5) is 14.1. The molecule has 0 radical (unpaired) electrons. The van der Waals surface area contributed by atoms with Crippen molar-refractivity contribution in [3.8, 4) is 6.01 Å². The van der Waals surface area contributed by atoms with Crippen molar-refractivity contribution in [2.45, 2.75) is 4.90 Å². The summed E-state index contributed by atoms with van der Waals surface area (Å²) in [5.74, 6) is 0.392.